The molecule has 0 spiro atoms. The van der Waals surface area contributed by atoms with Gasteiger partial charge in [-0.2, -0.15) is 0 Å². The van der Waals surface area contributed by atoms with E-state index in [0.717, 1.165) is 16.7 Å². The molecule has 1 heterocycles. The first-order valence-electron chi connectivity index (χ1n) is 8.47. The molecule has 0 saturated carbocycles. The van der Waals surface area contributed by atoms with Crippen molar-refractivity contribution in [2.24, 2.45) is 0 Å². The molecule has 25 heavy (non-hydrogen) atoms. The van der Waals surface area contributed by atoms with E-state index in [-0.39, 0.29) is 11.5 Å². The average molecular weight is 366 g/mol. The number of phenols is 1. The Morgan fingerprint density at radius 2 is 2.12 bits per heavy atom. The monoisotopic (exact) mass is 366 g/mol. The maximum Gasteiger partial charge on any atom is 0.163 e. The molecule has 0 saturated heterocycles. The zero-order valence-electron chi connectivity index (χ0n) is 14.6. The lowest BCUT2D eigenvalue weighted by Gasteiger charge is -2.19. The van der Waals surface area contributed by atoms with Crippen LogP contribution in [0.1, 0.15) is 38.7 Å². The number of aliphatic hydroxyl groups excluding tert-OH is 2. The number of hydrogen-bond donors (Lipinski definition) is 3. The summed E-state index contributed by atoms with van der Waals surface area (Å²) in [5, 5.41) is 28.5. The Morgan fingerprint density at radius 1 is 1.40 bits per heavy atom. The highest BCUT2D eigenvalue weighted by Gasteiger charge is 2.40. The molecule has 0 amide bonds. The highest BCUT2D eigenvalue weighted by molar-refractivity contribution is 7.92. The topological polar surface area (TPSA) is 94.8 Å². The quantitative estimate of drug-likeness (QED) is 0.644. The molecule has 3 N–H and O–H groups in total. The van der Waals surface area contributed by atoms with Crippen molar-refractivity contribution in [3.63, 3.8) is 0 Å². The van der Waals surface area contributed by atoms with Gasteiger partial charge in [-0.25, -0.2) is 8.42 Å². The summed E-state index contributed by atoms with van der Waals surface area (Å²) in [6, 6.07) is 6.90. The lowest BCUT2D eigenvalue weighted by Crippen LogP contribution is -2.29. The number of benzene rings is 1. The van der Waals surface area contributed by atoms with Crippen LogP contribution in [0, 0.1) is 0 Å². The predicted octanol–water partition coefficient (Wildman–Crippen LogP) is 2.43. The Balaban J connectivity index is 2.09. The van der Waals surface area contributed by atoms with E-state index in [0.29, 0.717) is 24.8 Å². The van der Waals surface area contributed by atoms with E-state index in [4.69, 9.17) is 0 Å². The largest absolute Gasteiger partial charge is 0.508 e. The van der Waals surface area contributed by atoms with E-state index in [9.17, 15) is 23.7 Å². The van der Waals surface area contributed by atoms with Gasteiger partial charge in [-0.15, -0.1) is 0 Å². The molecule has 0 aromatic heterocycles. The minimum absolute atomic E-state index is 0.0702. The number of allylic oxidation sites excluding steroid dienone is 1. The fraction of sp³-hybridized carbons (Fsp3) is 0.474. The molecule has 2 rings (SSSR count). The fourth-order valence-electron chi connectivity index (χ4n) is 3.31. The molecule has 2 atom stereocenters. The summed E-state index contributed by atoms with van der Waals surface area (Å²) in [6.45, 7) is 3.31. The minimum atomic E-state index is -3.41. The molecule has 0 bridgehead atoms. The molecule has 1 aliphatic heterocycles. The van der Waals surface area contributed by atoms with Gasteiger partial charge in [0.1, 0.15) is 11.0 Å². The second-order valence-electron chi connectivity index (χ2n) is 6.53. The predicted molar refractivity (Wildman–Crippen MR) is 99.0 cm³/mol. The summed E-state index contributed by atoms with van der Waals surface area (Å²) in [7, 11) is -3.41. The van der Waals surface area contributed by atoms with E-state index < -0.39 is 27.8 Å². The van der Waals surface area contributed by atoms with Crippen molar-refractivity contribution in [2.75, 3.05) is 12.4 Å². The Hall–Kier alpha value is -1.63. The normalized spacial score (nSPS) is 21.6. The number of sulfone groups is 1. The standard InChI is InChI=1S/C19H26O5S/c1-3-15-12-25(23,24)18(11-20)19(15)17(22)8-7-13(2)9-14-5-4-6-16(21)10-14/h4-6,9-10,17-18,20-22H,3,7-8,11-12H2,1-2H3/b13-9+/t17-,18+/m1/s1. The third-order valence-corrected chi connectivity index (χ3v) is 6.63. The van der Waals surface area contributed by atoms with Gasteiger partial charge >= 0.3 is 0 Å². The molecule has 138 valence electrons. The van der Waals surface area contributed by atoms with Crippen molar-refractivity contribution >= 4 is 15.9 Å². The van der Waals surface area contributed by atoms with E-state index in [2.05, 4.69) is 0 Å². The molecule has 1 aromatic carbocycles. The van der Waals surface area contributed by atoms with Crippen LogP contribution in [0.5, 0.6) is 5.75 Å². The van der Waals surface area contributed by atoms with Crippen LogP contribution in [0.3, 0.4) is 0 Å². The molecular formula is C19H26O5S. The van der Waals surface area contributed by atoms with Gasteiger partial charge in [0.05, 0.1) is 18.5 Å². The maximum absolute atomic E-state index is 12.1. The van der Waals surface area contributed by atoms with E-state index in [1.807, 2.05) is 26.0 Å². The zero-order valence-corrected chi connectivity index (χ0v) is 15.5. The van der Waals surface area contributed by atoms with Gasteiger partial charge in [0, 0.05) is 0 Å². The molecule has 6 heteroatoms. The molecular weight excluding hydrogens is 340 g/mol. The summed E-state index contributed by atoms with van der Waals surface area (Å²) in [6.07, 6.45) is 2.59. The number of aromatic hydroxyl groups is 1. The van der Waals surface area contributed by atoms with Gasteiger partial charge in [0.25, 0.3) is 0 Å². The summed E-state index contributed by atoms with van der Waals surface area (Å²) in [5.74, 6) is 0.125. The number of phenolic OH excluding ortho intramolecular Hbond substituents is 1. The molecule has 1 aromatic rings. The first kappa shape index (κ1) is 19.7. The van der Waals surface area contributed by atoms with Crippen LogP contribution in [-0.2, 0) is 9.84 Å². The van der Waals surface area contributed by atoms with Gasteiger partial charge in [0.15, 0.2) is 9.84 Å². The van der Waals surface area contributed by atoms with Crippen molar-refractivity contribution in [2.45, 2.75) is 44.5 Å². The van der Waals surface area contributed by atoms with Crippen molar-refractivity contribution in [3.8, 4) is 5.75 Å². The molecule has 0 radical (unpaired) electrons. The van der Waals surface area contributed by atoms with Gasteiger partial charge < -0.3 is 15.3 Å². The lowest BCUT2D eigenvalue weighted by atomic mass is 9.94. The third kappa shape index (κ3) is 4.71. The highest BCUT2D eigenvalue weighted by atomic mass is 32.2. The molecule has 0 aliphatic carbocycles. The first-order valence-corrected chi connectivity index (χ1v) is 10.2. The van der Waals surface area contributed by atoms with E-state index >= 15 is 0 Å². The average Bonchev–Trinajstić information content (AvgIpc) is 2.82. The summed E-state index contributed by atoms with van der Waals surface area (Å²) in [4.78, 5) is 0. The van der Waals surface area contributed by atoms with Crippen LogP contribution < -0.4 is 0 Å². The van der Waals surface area contributed by atoms with Crippen LogP contribution in [0.2, 0.25) is 0 Å². The third-order valence-electron chi connectivity index (χ3n) is 4.61. The fourth-order valence-corrected chi connectivity index (χ4v) is 5.30. The minimum Gasteiger partial charge on any atom is -0.508 e. The molecule has 5 nitrogen and oxygen atoms in total. The highest BCUT2D eigenvalue weighted by Crippen LogP contribution is 2.33. The Labute approximate surface area is 149 Å². The van der Waals surface area contributed by atoms with Crippen molar-refractivity contribution < 1.29 is 23.7 Å². The Morgan fingerprint density at radius 3 is 2.72 bits per heavy atom. The SMILES string of the molecule is CCC1=C([C@H](O)CC/C(C)=C/c2cccc(O)c2)[C@H](CO)S(=O)(=O)C1. The zero-order chi connectivity index (χ0) is 18.6. The van der Waals surface area contributed by atoms with E-state index in [1.54, 1.807) is 18.2 Å². The summed E-state index contributed by atoms with van der Waals surface area (Å²) in [5.41, 5.74) is 3.10. The van der Waals surface area contributed by atoms with Gasteiger partial charge in [0.2, 0.25) is 0 Å². The van der Waals surface area contributed by atoms with Crippen LogP contribution in [0.25, 0.3) is 6.08 Å². The van der Waals surface area contributed by atoms with Crippen molar-refractivity contribution in [1.82, 2.24) is 0 Å². The van der Waals surface area contributed by atoms with Crippen molar-refractivity contribution in [3.05, 3.63) is 46.5 Å². The Bertz CT molecular complexity index is 777. The lowest BCUT2D eigenvalue weighted by molar-refractivity contribution is 0.188. The van der Waals surface area contributed by atoms with Gasteiger partial charge in [-0.1, -0.05) is 36.3 Å². The Kier molecular flexibility index (Phi) is 6.43. The van der Waals surface area contributed by atoms with Gasteiger partial charge in [-0.05, 0) is 49.5 Å². The molecule has 1 aliphatic rings. The molecule has 0 fully saturated rings. The first-order chi connectivity index (χ1) is 11.8. The van der Waals surface area contributed by atoms with Crippen LogP contribution in [0.15, 0.2) is 41.0 Å². The second-order valence-corrected chi connectivity index (χ2v) is 8.71. The number of aliphatic hydroxyl groups is 2. The van der Waals surface area contributed by atoms with Crippen molar-refractivity contribution in [1.29, 1.82) is 0 Å². The number of rotatable bonds is 7. The van der Waals surface area contributed by atoms with Crippen LogP contribution >= 0.6 is 0 Å². The summed E-state index contributed by atoms with van der Waals surface area (Å²) >= 11 is 0. The number of hydrogen-bond acceptors (Lipinski definition) is 5. The van der Waals surface area contributed by atoms with E-state index in [1.165, 1.54) is 0 Å². The maximum atomic E-state index is 12.1. The van der Waals surface area contributed by atoms with Gasteiger partial charge in [-0.3, -0.25) is 0 Å². The second kappa shape index (κ2) is 8.17. The smallest absolute Gasteiger partial charge is 0.163 e. The van der Waals surface area contributed by atoms with Crippen LogP contribution in [-0.4, -0.2) is 47.5 Å². The summed E-state index contributed by atoms with van der Waals surface area (Å²) < 4.78 is 24.3. The molecule has 0 unspecified atom stereocenters. The van der Waals surface area contributed by atoms with Crippen LogP contribution in [0.4, 0.5) is 0 Å².